The lowest BCUT2D eigenvalue weighted by atomic mass is 10.2. The fourth-order valence-electron chi connectivity index (χ4n) is 1.58. The molecule has 3 nitrogen and oxygen atoms in total. The van der Waals surface area contributed by atoms with Crippen molar-refractivity contribution in [2.24, 2.45) is 0 Å². The summed E-state index contributed by atoms with van der Waals surface area (Å²) >= 11 is 9.27. The predicted molar refractivity (Wildman–Crippen MR) is 86.8 cm³/mol. The molecular formula is C16H12BrClO3. The Balaban J connectivity index is 2.01. The Morgan fingerprint density at radius 1 is 1.19 bits per heavy atom. The van der Waals surface area contributed by atoms with Crippen molar-refractivity contribution in [3.05, 3.63) is 63.6 Å². The molecule has 0 N–H and O–H groups in total. The maximum absolute atomic E-state index is 11.7. The molecule has 2 aromatic rings. The van der Waals surface area contributed by atoms with Gasteiger partial charge in [0.2, 0.25) is 0 Å². The van der Waals surface area contributed by atoms with Gasteiger partial charge >= 0.3 is 5.97 Å². The lowest BCUT2D eigenvalue weighted by Crippen LogP contribution is -2.03. The molecule has 0 fully saturated rings. The summed E-state index contributed by atoms with van der Waals surface area (Å²) in [6, 6.07) is 12.4. The van der Waals surface area contributed by atoms with Crippen molar-refractivity contribution >= 4 is 39.6 Å². The zero-order valence-electron chi connectivity index (χ0n) is 11.2. The molecule has 0 aliphatic rings. The molecule has 0 heterocycles. The van der Waals surface area contributed by atoms with Gasteiger partial charge in [0.05, 0.1) is 12.1 Å². The molecular weight excluding hydrogens is 356 g/mol. The Labute approximate surface area is 136 Å². The second kappa shape index (κ2) is 7.29. The number of esters is 1. The minimum absolute atomic E-state index is 0.323. The van der Waals surface area contributed by atoms with Crippen molar-refractivity contribution in [2.45, 2.75) is 0 Å². The summed E-state index contributed by atoms with van der Waals surface area (Å²) in [5, 5.41) is 0.371. The van der Waals surface area contributed by atoms with Gasteiger partial charge in [0.15, 0.2) is 0 Å². The van der Waals surface area contributed by atoms with Crippen LogP contribution in [0, 0.1) is 0 Å². The second-order valence-electron chi connectivity index (χ2n) is 4.10. The number of halogens is 2. The van der Waals surface area contributed by atoms with Crippen LogP contribution in [-0.4, -0.2) is 13.1 Å². The molecule has 2 rings (SSSR count). The summed E-state index contributed by atoms with van der Waals surface area (Å²) in [7, 11) is 1.60. The van der Waals surface area contributed by atoms with Crippen LogP contribution in [0.1, 0.15) is 5.56 Å². The maximum Gasteiger partial charge on any atom is 0.336 e. The van der Waals surface area contributed by atoms with E-state index in [1.807, 2.05) is 24.3 Å². The van der Waals surface area contributed by atoms with E-state index < -0.39 is 5.97 Å². The van der Waals surface area contributed by atoms with Crippen LogP contribution in [0.15, 0.2) is 53.0 Å². The highest BCUT2D eigenvalue weighted by molar-refractivity contribution is 9.10. The molecule has 0 bridgehead atoms. The van der Waals surface area contributed by atoms with E-state index in [-0.39, 0.29) is 0 Å². The second-order valence-corrected chi connectivity index (χ2v) is 5.43. The summed E-state index contributed by atoms with van der Waals surface area (Å²) in [4.78, 5) is 11.7. The highest BCUT2D eigenvalue weighted by Crippen LogP contribution is 2.27. The van der Waals surface area contributed by atoms with Gasteiger partial charge in [-0.3, -0.25) is 0 Å². The topological polar surface area (TPSA) is 35.5 Å². The Bertz CT molecular complexity index is 666. The summed E-state index contributed by atoms with van der Waals surface area (Å²) in [6.07, 6.45) is 3.01. The molecule has 5 heteroatoms. The maximum atomic E-state index is 11.7. The van der Waals surface area contributed by atoms with Gasteiger partial charge in [0.1, 0.15) is 11.5 Å². The molecule has 0 aromatic heterocycles. The van der Waals surface area contributed by atoms with Crippen LogP contribution >= 0.6 is 27.5 Å². The van der Waals surface area contributed by atoms with Crippen molar-refractivity contribution in [1.29, 1.82) is 0 Å². The van der Waals surface area contributed by atoms with Crippen LogP contribution in [-0.2, 0) is 4.79 Å². The molecule has 0 radical (unpaired) electrons. The number of rotatable bonds is 4. The molecule has 0 atom stereocenters. The molecule has 0 spiro atoms. The van der Waals surface area contributed by atoms with E-state index >= 15 is 0 Å². The van der Waals surface area contributed by atoms with Gasteiger partial charge in [-0.15, -0.1) is 0 Å². The molecule has 0 aliphatic heterocycles. The van der Waals surface area contributed by atoms with Crippen molar-refractivity contribution in [3.8, 4) is 11.5 Å². The normalized spacial score (nSPS) is 10.6. The Kier molecular flexibility index (Phi) is 5.42. The molecule has 21 heavy (non-hydrogen) atoms. The number of hydrogen-bond acceptors (Lipinski definition) is 3. The first kappa shape index (κ1) is 15.6. The lowest BCUT2D eigenvalue weighted by molar-refractivity contribution is -0.128. The van der Waals surface area contributed by atoms with Crippen LogP contribution in [0.2, 0.25) is 5.02 Å². The number of carbonyl (C=O) groups excluding carboxylic acids is 1. The largest absolute Gasteiger partial charge is 0.497 e. The van der Waals surface area contributed by atoms with E-state index in [9.17, 15) is 4.79 Å². The highest BCUT2D eigenvalue weighted by Gasteiger charge is 2.06. The number of carbonyl (C=O) groups is 1. The first-order chi connectivity index (χ1) is 10.1. The van der Waals surface area contributed by atoms with Gasteiger partial charge in [-0.2, -0.15) is 0 Å². The third kappa shape index (κ3) is 4.62. The minimum Gasteiger partial charge on any atom is -0.497 e. The average molecular weight is 368 g/mol. The Morgan fingerprint density at radius 2 is 1.90 bits per heavy atom. The zero-order chi connectivity index (χ0) is 15.2. The number of hydrogen-bond donors (Lipinski definition) is 0. The van der Waals surface area contributed by atoms with Gasteiger partial charge in [-0.25, -0.2) is 4.79 Å². The highest BCUT2D eigenvalue weighted by atomic mass is 79.9. The van der Waals surface area contributed by atoms with Crippen LogP contribution in [0.5, 0.6) is 11.5 Å². The van der Waals surface area contributed by atoms with Crippen molar-refractivity contribution in [3.63, 3.8) is 0 Å². The standard InChI is InChI=1S/C16H12BrClO3/c1-20-13-6-2-11(3-7-13)4-9-16(19)21-15-8-5-12(17)10-14(15)18/h2-10H,1H3/b9-4+. The monoisotopic (exact) mass is 366 g/mol. The minimum atomic E-state index is -0.491. The van der Waals surface area contributed by atoms with Gasteiger partial charge in [0.25, 0.3) is 0 Å². The Hall–Kier alpha value is -1.78. The number of benzene rings is 2. The third-order valence-corrected chi connectivity index (χ3v) is 3.42. The summed E-state index contributed by atoms with van der Waals surface area (Å²) in [5.74, 6) is 0.593. The fourth-order valence-corrected chi connectivity index (χ4v) is 2.29. The molecule has 0 saturated heterocycles. The van der Waals surface area contributed by atoms with Gasteiger partial charge in [0, 0.05) is 10.5 Å². The fraction of sp³-hybridized carbons (Fsp3) is 0.0625. The van der Waals surface area contributed by atoms with E-state index in [2.05, 4.69) is 15.9 Å². The molecule has 0 amide bonds. The zero-order valence-corrected chi connectivity index (χ0v) is 13.5. The summed E-state index contributed by atoms with van der Waals surface area (Å²) in [6.45, 7) is 0. The quantitative estimate of drug-likeness (QED) is 0.445. The summed E-state index contributed by atoms with van der Waals surface area (Å²) < 4.78 is 11.0. The van der Waals surface area contributed by atoms with Gasteiger partial charge < -0.3 is 9.47 Å². The predicted octanol–water partition coefficient (Wildman–Crippen LogP) is 4.73. The van der Waals surface area contributed by atoms with Crippen molar-refractivity contribution < 1.29 is 14.3 Å². The van der Waals surface area contributed by atoms with E-state index in [1.165, 1.54) is 6.08 Å². The third-order valence-electron chi connectivity index (χ3n) is 2.63. The van der Waals surface area contributed by atoms with Gasteiger partial charge in [-0.05, 0) is 42.0 Å². The van der Waals surface area contributed by atoms with E-state index in [0.717, 1.165) is 15.8 Å². The SMILES string of the molecule is COc1ccc(/C=C/C(=O)Oc2ccc(Br)cc2Cl)cc1. The molecule has 2 aromatic carbocycles. The molecule has 0 unspecified atom stereocenters. The van der Waals surface area contributed by atoms with Crippen LogP contribution in [0.3, 0.4) is 0 Å². The van der Waals surface area contributed by atoms with E-state index in [4.69, 9.17) is 21.1 Å². The van der Waals surface area contributed by atoms with Crippen LogP contribution in [0.4, 0.5) is 0 Å². The van der Waals surface area contributed by atoms with Crippen molar-refractivity contribution in [2.75, 3.05) is 7.11 Å². The van der Waals surface area contributed by atoms with Gasteiger partial charge in [-0.1, -0.05) is 39.7 Å². The summed E-state index contributed by atoms with van der Waals surface area (Å²) in [5.41, 5.74) is 0.870. The lowest BCUT2D eigenvalue weighted by Gasteiger charge is -2.04. The first-order valence-corrected chi connectivity index (χ1v) is 7.24. The molecule has 0 saturated carbocycles. The average Bonchev–Trinajstić information content (AvgIpc) is 2.48. The van der Waals surface area contributed by atoms with Crippen molar-refractivity contribution in [1.82, 2.24) is 0 Å². The Morgan fingerprint density at radius 3 is 2.52 bits per heavy atom. The number of ether oxygens (including phenoxy) is 2. The van der Waals surface area contributed by atoms with Crippen LogP contribution < -0.4 is 9.47 Å². The smallest absolute Gasteiger partial charge is 0.336 e. The molecule has 108 valence electrons. The van der Waals surface area contributed by atoms with E-state index in [0.29, 0.717) is 10.8 Å². The van der Waals surface area contributed by atoms with E-state index in [1.54, 1.807) is 31.4 Å². The van der Waals surface area contributed by atoms with Crippen LogP contribution in [0.25, 0.3) is 6.08 Å². The number of methoxy groups -OCH3 is 1. The first-order valence-electron chi connectivity index (χ1n) is 6.07. The molecule has 0 aliphatic carbocycles.